The van der Waals surface area contributed by atoms with Crippen LogP contribution >= 0.6 is 0 Å². The number of aliphatic hydroxyl groups excluding tert-OH is 1. The lowest BCUT2D eigenvalue weighted by molar-refractivity contribution is -0.130. The second-order valence-corrected chi connectivity index (χ2v) is 5.73. The van der Waals surface area contributed by atoms with Gasteiger partial charge in [-0.2, -0.15) is 5.10 Å². The molecule has 0 saturated heterocycles. The number of hydrogen-bond acceptors (Lipinski definition) is 3. The smallest absolute Gasteiger partial charge is 0.246 e. The predicted molar refractivity (Wildman–Crippen MR) is 82.8 cm³/mol. The van der Waals surface area contributed by atoms with Crippen molar-refractivity contribution >= 4 is 12.0 Å². The van der Waals surface area contributed by atoms with Gasteiger partial charge in [0.2, 0.25) is 5.91 Å². The van der Waals surface area contributed by atoms with E-state index in [1.54, 1.807) is 6.08 Å². The van der Waals surface area contributed by atoms with Crippen LogP contribution in [0.15, 0.2) is 6.08 Å². The SMILES string of the molecule is Cc1nn(C)c(C)c1/C=C/C(=O)N(CCCO)C1CCC1. The van der Waals surface area contributed by atoms with Crippen molar-refractivity contribution in [3.63, 3.8) is 0 Å². The molecule has 116 valence electrons. The number of aliphatic hydroxyl groups is 1. The Balaban J connectivity index is 2.08. The summed E-state index contributed by atoms with van der Waals surface area (Å²) in [7, 11) is 1.91. The summed E-state index contributed by atoms with van der Waals surface area (Å²) in [4.78, 5) is 14.3. The number of aromatic nitrogens is 2. The third kappa shape index (κ3) is 3.53. The van der Waals surface area contributed by atoms with E-state index in [0.29, 0.717) is 19.0 Å². The largest absolute Gasteiger partial charge is 0.396 e. The first-order valence-electron chi connectivity index (χ1n) is 7.64. The van der Waals surface area contributed by atoms with Crippen LogP contribution in [0.4, 0.5) is 0 Å². The summed E-state index contributed by atoms with van der Waals surface area (Å²) in [6.45, 7) is 4.71. The normalized spacial score (nSPS) is 15.4. The Hall–Kier alpha value is -1.62. The maximum atomic E-state index is 12.4. The van der Waals surface area contributed by atoms with Gasteiger partial charge in [0.1, 0.15) is 0 Å². The molecule has 1 amide bonds. The number of aryl methyl sites for hydroxylation is 2. The monoisotopic (exact) mass is 291 g/mol. The maximum absolute atomic E-state index is 12.4. The van der Waals surface area contributed by atoms with E-state index in [1.165, 1.54) is 6.42 Å². The molecule has 1 aliphatic rings. The van der Waals surface area contributed by atoms with Crippen molar-refractivity contribution in [3.8, 4) is 0 Å². The highest BCUT2D eigenvalue weighted by Gasteiger charge is 2.27. The molecule has 0 aromatic carbocycles. The second-order valence-electron chi connectivity index (χ2n) is 5.73. The Labute approximate surface area is 126 Å². The van der Waals surface area contributed by atoms with Crippen LogP contribution in [0.5, 0.6) is 0 Å². The highest BCUT2D eigenvalue weighted by Crippen LogP contribution is 2.25. The van der Waals surface area contributed by atoms with Crippen LogP contribution in [0.2, 0.25) is 0 Å². The number of carbonyl (C=O) groups is 1. The number of hydrogen-bond donors (Lipinski definition) is 1. The van der Waals surface area contributed by atoms with Crippen LogP contribution in [-0.4, -0.2) is 44.9 Å². The van der Waals surface area contributed by atoms with Gasteiger partial charge in [-0.05, 0) is 45.6 Å². The average Bonchev–Trinajstić information content (AvgIpc) is 2.63. The highest BCUT2D eigenvalue weighted by atomic mass is 16.3. The Morgan fingerprint density at radius 1 is 1.48 bits per heavy atom. The molecule has 2 rings (SSSR count). The number of carbonyl (C=O) groups excluding carboxylic acids is 1. The predicted octanol–water partition coefficient (Wildman–Crippen LogP) is 1.81. The van der Waals surface area contributed by atoms with E-state index in [1.807, 2.05) is 36.6 Å². The van der Waals surface area contributed by atoms with Crippen LogP contribution in [0.1, 0.15) is 42.6 Å². The molecule has 0 bridgehead atoms. The van der Waals surface area contributed by atoms with Crippen LogP contribution in [0.3, 0.4) is 0 Å². The van der Waals surface area contributed by atoms with E-state index in [0.717, 1.165) is 29.8 Å². The molecule has 1 saturated carbocycles. The molecule has 1 aromatic heterocycles. The highest BCUT2D eigenvalue weighted by molar-refractivity contribution is 5.92. The lowest BCUT2D eigenvalue weighted by Crippen LogP contribution is -2.44. The van der Waals surface area contributed by atoms with Crippen LogP contribution in [0.25, 0.3) is 6.08 Å². The maximum Gasteiger partial charge on any atom is 0.246 e. The number of nitrogens with zero attached hydrogens (tertiary/aromatic N) is 3. The molecule has 0 aliphatic heterocycles. The molecule has 0 spiro atoms. The average molecular weight is 291 g/mol. The van der Waals surface area contributed by atoms with E-state index in [9.17, 15) is 4.79 Å². The van der Waals surface area contributed by atoms with Crippen molar-refractivity contribution in [1.82, 2.24) is 14.7 Å². The molecular weight excluding hydrogens is 266 g/mol. The van der Waals surface area contributed by atoms with Gasteiger partial charge >= 0.3 is 0 Å². The third-order valence-corrected chi connectivity index (χ3v) is 4.31. The molecule has 1 N–H and O–H groups in total. The molecule has 5 heteroatoms. The van der Waals surface area contributed by atoms with E-state index in [4.69, 9.17) is 5.11 Å². The molecule has 21 heavy (non-hydrogen) atoms. The van der Waals surface area contributed by atoms with Gasteiger partial charge in [0.15, 0.2) is 0 Å². The topological polar surface area (TPSA) is 58.4 Å². The van der Waals surface area contributed by atoms with Gasteiger partial charge in [0, 0.05) is 43.6 Å². The summed E-state index contributed by atoms with van der Waals surface area (Å²) in [5.41, 5.74) is 3.01. The van der Waals surface area contributed by atoms with Crippen molar-refractivity contribution in [1.29, 1.82) is 0 Å². The third-order valence-electron chi connectivity index (χ3n) is 4.31. The molecule has 5 nitrogen and oxygen atoms in total. The zero-order chi connectivity index (χ0) is 15.4. The standard InChI is InChI=1S/C16H25N3O2/c1-12-15(13(2)18(3)17-12)8-9-16(21)19(10-5-11-20)14-6-4-7-14/h8-9,14,20H,4-7,10-11H2,1-3H3/b9-8+. The van der Waals surface area contributed by atoms with Gasteiger partial charge in [-0.25, -0.2) is 0 Å². The Morgan fingerprint density at radius 3 is 2.67 bits per heavy atom. The Morgan fingerprint density at radius 2 is 2.19 bits per heavy atom. The summed E-state index contributed by atoms with van der Waals surface area (Å²) < 4.78 is 1.83. The first-order chi connectivity index (χ1) is 10.0. The zero-order valence-corrected chi connectivity index (χ0v) is 13.2. The second kappa shape index (κ2) is 6.89. The first-order valence-corrected chi connectivity index (χ1v) is 7.64. The van der Waals surface area contributed by atoms with Crippen molar-refractivity contribution in [2.45, 2.75) is 45.6 Å². The summed E-state index contributed by atoms with van der Waals surface area (Å²) in [5, 5.41) is 13.3. The van der Waals surface area contributed by atoms with Gasteiger partial charge in [-0.1, -0.05) is 0 Å². The summed E-state index contributed by atoms with van der Waals surface area (Å²) in [6, 6.07) is 0.352. The van der Waals surface area contributed by atoms with Gasteiger partial charge in [0.25, 0.3) is 0 Å². The van der Waals surface area contributed by atoms with Crippen molar-refractivity contribution in [2.75, 3.05) is 13.2 Å². The number of amides is 1. The molecule has 1 aliphatic carbocycles. The first kappa shape index (κ1) is 15.8. The van der Waals surface area contributed by atoms with E-state index < -0.39 is 0 Å². The summed E-state index contributed by atoms with van der Waals surface area (Å²) in [6.07, 6.45) is 7.50. The molecular formula is C16H25N3O2. The molecule has 0 unspecified atom stereocenters. The molecule has 1 aromatic rings. The summed E-state index contributed by atoms with van der Waals surface area (Å²) in [5.74, 6) is 0.0378. The lowest BCUT2D eigenvalue weighted by Gasteiger charge is -2.37. The fourth-order valence-electron chi connectivity index (χ4n) is 2.69. The minimum atomic E-state index is 0.0378. The molecule has 0 radical (unpaired) electrons. The van der Waals surface area contributed by atoms with Crippen LogP contribution in [0, 0.1) is 13.8 Å². The Kier molecular flexibility index (Phi) is 5.17. The summed E-state index contributed by atoms with van der Waals surface area (Å²) >= 11 is 0. The van der Waals surface area contributed by atoms with Crippen molar-refractivity contribution in [2.24, 2.45) is 7.05 Å². The van der Waals surface area contributed by atoms with Gasteiger partial charge in [-0.3, -0.25) is 9.48 Å². The van der Waals surface area contributed by atoms with Crippen LogP contribution < -0.4 is 0 Å². The molecule has 0 atom stereocenters. The van der Waals surface area contributed by atoms with E-state index >= 15 is 0 Å². The fraction of sp³-hybridized carbons (Fsp3) is 0.625. The van der Waals surface area contributed by atoms with Gasteiger partial charge in [0.05, 0.1) is 5.69 Å². The minimum absolute atomic E-state index is 0.0378. The van der Waals surface area contributed by atoms with Gasteiger partial charge < -0.3 is 10.0 Å². The zero-order valence-electron chi connectivity index (χ0n) is 13.2. The van der Waals surface area contributed by atoms with Crippen molar-refractivity contribution < 1.29 is 9.90 Å². The molecule has 1 heterocycles. The van der Waals surface area contributed by atoms with Crippen LogP contribution in [-0.2, 0) is 11.8 Å². The quantitative estimate of drug-likeness (QED) is 0.813. The van der Waals surface area contributed by atoms with E-state index in [-0.39, 0.29) is 12.5 Å². The Bertz CT molecular complexity index is 530. The number of rotatable bonds is 6. The fourth-order valence-corrected chi connectivity index (χ4v) is 2.69. The van der Waals surface area contributed by atoms with Gasteiger partial charge in [-0.15, -0.1) is 0 Å². The molecule has 1 fully saturated rings. The lowest BCUT2D eigenvalue weighted by atomic mass is 9.91. The van der Waals surface area contributed by atoms with E-state index in [2.05, 4.69) is 5.10 Å². The minimum Gasteiger partial charge on any atom is -0.396 e. The van der Waals surface area contributed by atoms with Crippen molar-refractivity contribution in [3.05, 3.63) is 23.0 Å².